The zero-order valence-corrected chi connectivity index (χ0v) is 19.5. The van der Waals surface area contributed by atoms with E-state index in [1.54, 1.807) is 12.1 Å². The molecule has 2 N–H and O–H groups in total. The monoisotopic (exact) mass is 466 g/mol. The number of rotatable bonds is 6. The van der Waals surface area contributed by atoms with E-state index in [2.05, 4.69) is 11.4 Å². The maximum Gasteiger partial charge on any atom is 0.251 e. The molecule has 0 saturated carbocycles. The summed E-state index contributed by atoms with van der Waals surface area (Å²) in [6.45, 7) is 0.622. The summed E-state index contributed by atoms with van der Waals surface area (Å²) in [5, 5.41) is 13.7. The Morgan fingerprint density at radius 3 is 2.34 bits per heavy atom. The lowest BCUT2D eigenvalue weighted by molar-refractivity contribution is 0.0858. The molecule has 35 heavy (non-hydrogen) atoms. The van der Waals surface area contributed by atoms with E-state index >= 15 is 0 Å². The van der Waals surface area contributed by atoms with E-state index in [0.717, 1.165) is 33.5 Å². The van der Waals surface area contributed by atoms with Gasteiger partial charge in [-0.1, -0.05) is 60.7 Å². The van der Waals surface area contributed by atoms with Crippen LogP contribution in [0.4, 0.5) is 10.1 Å². The van der Waals surface area contributed by atoms with E-state index in [4.69, 9.17) is 0 Å². The second-order valence-electron chi connectivity index (χ2n) is 9.03. The van der Waals surface area contributed by atoms with E-state index in [9.17, 15) is 14.3 Å². The zero-order chi connectivity index (χ0) is 24.4. The minimum absolute atomic E-state index is 0.213. The average Bonchev–Trinajstić information content (AvgIpc) is 3.19. The van der Waals surface area contributed by atoms with Crippen LogP contribution in [0.3, 0.4) is 0 Å². The van der Waals surface area contributed by atoms with Crippen molar-refractivity contribution in [1.29, 1.82) is 0 Å². The van der Waals surface area contributed by atoms with Crippen molar-refractivity contribution in [2.45, 2.75) is 25.1 Å². The molecule has 0 fully saturated rings. The number of carbonyl (C=O) groups is 1. The largest absolute Gasteiger partial charge is 0.390 e. The first-order chi connectivity index (χ1) is 17.0. The lowest BCUT2D eigenvalue weighted by atomic mass is 10.0. The molecule has 0 aromatic heterocycles. The maximum absolute atomic E-state index is 13.3. The van der Waals surface area contributed by atoms with Crippen LogP contribution in [0.1, 0.15) is 33.1 Å². The molecule has 0 radical (unpaired) electrons. The van der Waals surface area contributed by atoms with Crippen LogP contribution in [-0.2, 0) is 13.0 Å². The van der Waals surface area contributed by atoms with Gasteiger partial charge in [0, 0.05) is 31.3 Å². The summed E-state index contributed by atoms with van der Waals surface area (Å²) < 4.78 is 13.3. The Morgan fingerprint density at radius 1 is 0.943 bits per heavy atom. The number of aliphatic hydroxyl groups excluding tert-OH is 1. The van der Waals surface area contributed by atoms with Gasteiger partial charge in [-0.2, -0.15) is 0 Å². The van der Waals surface area contributed by atoms with Crippen LogP contribution in [0.15, 0.2) is 97.1 Å². The van der Waals surface area contributed by atoms with Crippen LogP contribution < -0.4 is 10.2 Å². The van der Waals surface area contributed by atoms with E-state index in [-0.39, 0.29) is 11.7 Å². The lowest BCUT2D eigenvalue weighted by Gasteiger charge is -2.21. The zero-order valence-electron chi connectivity index (χ0n) is 19.5. The molecule has 0 saturated heterocycles. The second kappa shape index (κ2) is 9.72. The number of anilines is 1. The Hall–Kier alpha value is -3.96. The molecule has 1 aliphatic rings. The summed E-state index contributed by atoms with van der Waals surface area (Å²) in [4.78, 5) is 15.1. The highest BCUT2D eigenvalue weighted by Crippen LogP contribution is 2.33. The number of aliphatic hydroxyl groups is 1. The highest BCUT2D eigenvalue weighted by molar-refractivity contribution is 5.95. The topological polar surface area (TPSA) is 52.6 Å². The molecule has 4 aromatic carbocycles. The van der Waals surface area contributed by atoms with Gasteiger partial charge in [-0.05, 0) is 64.2 Å². The Balaban J connectivity index is 1.31. The molecular formula is C30H27FN2O2. The molecule has 0 unspecified atom stereocenters. The predicted molar refractivity (Wildman–Crippen MR) is 137 cm³/mol. The van der Waals surface area contributed by atoms with Crippen molar-refractivity contribution in [3.05, 3.63) is 125 Å². The molecule has 2 atom stereocenters. The second-order valence-corrected chi connectivity index (χ2v) is 9.03. The molecule has 0 heterocycles. The number of hydrogen-bond donors (Lipinski definition) is 2. The Bertz CT molecular complexity index is 1320. The molecule has 0 bridgehead atoms. The molecule has 176 valence electrons. The van der Waals surface area contributed by atoms with Crippen LogP contribution in [0.25, 0.3) is 11.1 Å². The first kappa shape index (κ1) is 22.8. The lowest BCUT2D eigenvalue weighted by Crippen LogP contribution is -2.33. The van der Waals surface area contributed by atoms with Gasteiger partial charge in [0.05, 0.1) is 12.1 Å². The van der Waals surface area contributed by atoms with Crippen LogP contribution >= 0.6 is 0 Å². The first-order valence-electron chi connectivity index (χ1n) is 11.7. The summed E-state index contributed by atoms with van der Waals surface area (Å²) in [5.41, 5.74) is 6.64. The smallest absolute Gasteiger partial charge is 0.251 e. The summed E-state index contributed by atoms with van der Waals surface area (Å²) >= 11 is 0. The molecule has 5 heteroatoms. The summed E-state index contributed by atoms with van der Waals surface area (Å²) in [6.07, 6.45) is -0.177. The van der Waals surface area contributed by atoms with Gasteiger partial charge in [0.15, 0.2) is 0 Å². The van der Waals surface area contributed by atoms with Crippen molar-refractivity contribution in [2.24, 2.45) is 0 Å². The van der Waals surface area contributed by atoms with E-state index in [0.29, 0.717) is 18.5 Å². The summed E-state index contributed by atoms with van der Waals surface area (Å²) in [5.74, 6) is -0.475. The predicted octanol–water partition coefficient (Wildman–Crippen LogP) is 5.52. The van der Waals surface area contributed by atoms with Crippen LogP contribution in [0, 0.1) is 5.82 Å². The van der Waals surface area contributed by atoms with Crippen molar-refractivity contribution < 1.29 is 14.3 Å². The third kappa shape index (κ3) is 4.96. The van der Waals surface area contributed by atoms with Gasteiger partial charge in [0.1, 0.15) is 5.82 Å². The number of carbonyl (C=O) groups excluding carboxylic acids is 1. The number of fused-ring (bicyclic) bond motifs is 1. The average molecular weight is 467 g/mol. The molecule has 0 aliphatic heterocycles. The number of nitrogens with one attached hydrogen (secondary N) is 1. The number of amides is 1. The molecule has 0 spiro atoms. The summed E-state index contributed by atoms with van der Waals surface area (Å²) in [7, 11) is 1.95. The fourth-order valence-electron chi connectivity index (χ4n) is 4.67. The van der Waals surface area contributed by atoms with Crippen LogP contribution in [0.2, 0.25) is 0 Å². The van der Waals surface area contributed by atoms with E-state index in [1.807, 2.05) is 78.7 Å². The Labute approximate surface area is 204 Å². The SMILES string of the molecule is CN(Cc1ccc2c(c1)[C@@H](NC(=O)c1ccc(-c3ccccc3)cc1)[C@H](O)C2)c1ccc(F)cc1. The van der Waals surface area contributed by atoms with Gasteiger partial charge in [0.2, 0.25) is 0 Å². The molecular weight excluding hydrogens is 439 g/mol. The van der Waals surface area contributed by atoms with E-state index in [1.165, 1.54) is 12.1 Å². The Morgan fingerprint density at radius 2 is 1.63 bits per heavy atom. The molecule has 1 amide bonds. The maximum atomic E-state index is 13.3. The van der Waals surface area contributed by atoms with E-state index < -0.39 is 12.1 Å². The molecule has 4 nitrogen and oxygen atoms in total. The number of halogens is 1. The fourth-order valence-corrected chi connectivity index (χ4v) is 4.67. The standard InChI is InChI=1S/C30H27FN2O2/c1-33(26-15-13-25(31)14-16-26)19-20-7-8-24-18-28(34)29(27(24)17-20)32-30(35)23-11-9-22(10-12-23)21-5-3-2-4-6-21/h2-17,28-29,34H,18-19H2,1H3,(H,32,35)/t28-,29-/m1/s1. The number of hydrogen-bond acceptors (Lipinski definition) is 3. The minimum atomic E-state index is -0.678. The van der Waals surface area contributed by atoms with Crippen LogP contribution in [-0.4, -0.2) is 24.2 Å². The van der Waals surface area contributed by atoms with Gasteiger partial charge >= 0.3 is 0 Å². The highest BCUT2D eigenvalue weighted by Gasteiger charge is 2.32. The normalized spacial score (nSPS) is 16.5. The third-order valence-electron chi connectivity index (χ3n) is 6.59. The number of benzene rings is 4. The molecule has 5 rings (SSSR count). The molecule has 1 aliphatic carbocycles. The molecule has 4 aromatic rings. The van der Waals surface area contributed by atoms with Gasteiger partial charge < -0.3 is 15.3 Å². The quantitative estimate of drug-likeness (QED) is 0.394. The van der Waals surface area contributed by atoms with Crippen molar-refractivity contribution in [2.75, 3.05) is 11.9 Å². The fraction of sp³-hybridized carbons (Fsp3) is 0.167. The van der Waals surface area contributed by atoms with Crippen molar-refractivity contribution >= 4 is 11.6 Å². The summed E-state index contributed by atoms with van der Waals surface area (Å²) in [6, 6.07) is 29.5. The third-order valence-corrected chi connectivity index (χ3v) is 6.59. The Kier molecular flexibility index (Phi) is 6.34. The van der Waals surface area contributed by atoms with Crippen LogP contribution in [0.5, 0.6) is 0 Å². The van der Waals surface area contributed by atoms with Crippen molar-refractivity contribution in [3.63, 3.8) is 0 Å². The highest BCUT2D eigenvalue weighted by atomic mass is 19.1. The van der Waals surface area contributed by atoms with Gasteiger partial charge in [-0.3, -0.25) is 4.79 Å². The van der Waals surface area contributed by atoms with Gasteiger partial charge in [-0.15, -0.1) is 0 Å². The van der Waals surface area contributed by atoms with Crippen molar-refractivity contribution in [3.8, 4) is 11.1 Å². The van der Waals surface area contributed by atoms with Gasteiger partial charge in [0.25, 0.3) is 5.91 Å². The first-order valence-corrected chi connectivity index (χ1v) is 11.7. The number of nitrogens with zero attached hydrogens (tertiary/aromatic N) is 1. The minimum Gasteiger partial charge on any atom is -0.390 e. The van der Waals surface area contributed by atoms with Crippen molar-refractivity contribution in [1.82, 2.24) is 5.32 Å². The van der Waals surface area contributed by atoms with Gasteiger partial charge in [-0.25, -0.2) is 4.39 Å².